The number of aromatic nitrogens is 2. The molecule has 1 fully saturated rings. The van der Waals surface area contributed by atoms with Crippen molar-refractivity contribution in [2.75, 3.05) is 46.6 Å². The molecule has 1 saturated heterocycles. The predicted molar refractivity (Wildman–Crippen MR) is 120 cm³/mol. The third-order valence-corrected chi connectivity index (χ3v) is 5.51. The molecule has 166 valence electrons. The molecule has 3 aromatic rings. The molecule has 2 heterocycles. The molecule has 0 atom stereocenters. The van der Waals surface area contributed by atoms with Crippen LogP contribution in [0.25, 0.3) is 11.0 Å². The Kier molecular flexibility index (Phi) is 7.00. The monoisotopic (exact) mass is 434 g/mol. The lowest BCUT2D eigenvalue weighted by molar-refractivity contribution is 0.0357. The van der Waals surface area contributed by atoms with E-state index in [1.54, 1.807) is 29.9 Å². The van der Waals surface area contributed by atoms with Gasteiger partial charge in [0, 0.05) is 31.8 Å². The average Bonchev–Trinajstić information content (AvgIpc) is 2.84. The Bertz CT molecular complexity index is 1180. The van der Waals surface area contributed by atoms with E-state index in [1.165, 1.54) is 6.20 Å². The highest BCUT2D eigenvalue weighted by Crippen LogP contribution is 2.31. The first-order valence-corrected chi connectivity index (χ1v) is 10.7. The first-order chi connectivity index (χ1) is 15.7. The second kappa shape index (κ2) is 10.3. The van der Waals surface area contributed by atoms with Crippen molar-refractivity contribution in [3.8, 4) is 17.6 Å². The van der Waals surface area contributed by atoms with Crippen LogP contribution in [0.1, 0.15) is 17.5 Å². The van der Waals surface area contributed by atoms with E-state index in [0.717, 1.165) is 44.8 Å². The highest BCUT2D eigenvalue weighted by atomic mass is 16.5. The maximum Gasteiger partial charge on any atom is 0.269 e. The van der Waals surface area contributed by atoms with Gasteiger partial charge >= 0.3 is 0 Å². The summed E-state index contributed by atoms with van der Waals surface area (Å²) >= 11 is 0. The van der Waals surface area contributed by atoms with E-state index in [-0.39, 0.29) is 5.56 Å². The van der Waals surface area contributed by atoms with Crippen molar-refractivity contribution in [2.24, 2.45) is 0 Å². The Morgan fingerprint density at radius 1 is 1.19 bits per heavy atom. The molecule has 1 aliphatic rings. The van der Waals surface area contributed by atoms with Crippen LogP contribution in [0.4, 0.5) is 0 Å². The number of morpholine rings is 1. The highest BCUT2D eigenvalue weighted by molar-refractivity contribution is 5.79. The Balaban J connectivity index is 1.56. The molecule has 0 radical (unpaired) electrons. The molecule has 0 aliphatic carbocycles. The first-order valence-electron chi connectivity index (χ1n) is 10.7. The maximum atomic E-state index is 12.6. The Morgan fingerprint density at radius 2 is 2.03 bits per heavy atom. The van der Waals surface area contributed by atoms with Gasteiger partial charge in [-0.05, 0) is 24.1 Å². The fourth-order valence-corrected chi connectivity index (χ4v) is 3.82. The summed E-state index contributed by atoms with van der Waals surface area (Å²) in [6.07, 6.45) is 2.18. The lowest BCUT2D eigenvalue weighted by atomic mass is 10.1. The highest BCUT2D eigenvalue weighted by Gasteiger charge is 2.14. The van der Waals surface area contributed by atoms with Crippen molar-refractivity contribution >= 4 is 11.0 Å². The third-order valence-electron chi connectivity index (χ3n) is 5.51. The largest absolute Gasteiger partial charge is 0.493 e. The number of nitrogens with zero attached hydrogens (tertiary/aromatic N) is 4. The summed E-state index contributed by atoms with van der Waals surface area (Å²) in [5.74, 6) is 1.15. The van der Waals surface area contributed by atoms with Crippen molar-refractivity contribution in [1.29, 1.82) is 5.26 Å². The molecular formula is C24H26N4O4. The summed E-state index contributed by atoms with van der Waals surface area (Å²) in [4.78, 5) is 19.3. The fraction of sp³-hybridized carbons (Fsp3) is 0.375. The van der Waals surface area contributed by atoms with Crippen LogP contribution >= 0.6 is 0 Å². The van der Waals surface area contributed by atoms with Crippen molar-refractivity contribution in [1.82, 2.24) is 14.5 Å². The van der Waals surface area contributed by atoms with Crippen molar-refractivity contribution < 1.29 is 14.2 Å². The fourth-order valence-electron chi connectivity index (χ4n) is 3.82. The summed E-state index contributed by atoms with van der Waals surface area (Å²) in [6, 6.07) is 13.0. The molecule has 0 N–H and O–H groups in total. The van der Waals surface area contributed by atoms with Crippen LogP contribution in [0.15, 0.2) is 47.4 Å². The summed E-state index contributed by atoms with van der Waals surface area (Å²) < 4.78 is 18.6. The van der Waals surface area contributed by atoms with Gasteiger partial charge in [-0.3, -0.25) is 9.69 Å². The maximum absolute atomic E-state index is 12.6. The average molecular weight is 434 g/mol. The van der Waals surface area contributed by atoms with Gasteiger partial charge in [0.2, 0.25) is 0 Å². The number of ether oxygens (including phenoxy) is 3. The normalized spacial score (nSPS) is 14.2. The van der Waals surface area contributed by atoms with E-state index in [2.05, 4.69) is 16.0 Å². The van der Waals surface area contributed by atoms with E-state index in [9.17, 15) is 4.79 Å². The molecule has 8 heteroatoms. The number of methoxy groups -OCH3 is 1. The first kappa shape index (κ1) is 21.8. The molecule has 0 amide bonds. The third kappa shape index (κ3) is 5.07. The molecule has 32 heavy (non-hydrogen) atoms. The second-order valence-corrected chi connectivity index (χ2v) is 7.64. The molecular weight excluding hydrogens is 408 g/mol. The van der Waals surface area contributed by atoms with Crippen LogP contribution in [0.5, 0.6) is 11.5 Å². The molecule has 1 aliphatic heterocycles. The number of nitriles is 1. The molecule has 0 bridgehead atoms. The lowest BCUT2D eigenvalue weighted by Crippen LogP contribution is -2.37. The predicted octanol–water partition coefficient (Wildman–Crippen LogP) is 2.43. The number of hydrogen-bond acceptors (Lipinski definition) is 7. The van der Waals surface area contributed by atoms with Gasteiger partial charge in [0.05, 0.1) is 62.3 Å². The molecule has 0 saturated carbocycles. The molecule has 2 aromatic carbocycles. The standard InChI is InChI=1S/C24H26N4O4/c1-30-22-13-20-21(14-23(22)32-9-3-6-27-7-10-31-11-8-27)28(24(29)16-26-20)17-19-5-2-4-18(12-19)15-25/h2,4-5,12-14,16H,3,6-11,17H2,1H3. The van der Waals surface area contributed by atoms with Crippen LogP contribution in [0, 0.1) is 11.3 Å². The quantitative estimate of drug-likeness (QED) is 0.503. The number of fused-ring (bicyclic) bond motifs is 1. The summed E-state index contributed by atoms with van der Waals surface area (Å²) in [6.45, 7) is 5.27. The number of benzene rings is 2. The Morgan fingerprint density at radius 3 is 2.81 bits per heavy atom. The minimum atomic E-state index is -0.219. The second-order valence-electron chi connectivity index (χ2n) is 7.64. The molecule has 1 aromatic heterocycles. The van der Waals surface area contributed by atoms with E-state index in [1.807, 2.05) is 18.2 Å². The van der Waals surface area contributed by atoms with Gasteiger partial charge in [0.25, 0.3) is 5.56 Å². The van der Waals surface area contributed by atoms with E-state index in [0.29, 0.717) is 41.2 Å². The van der Waals surface area contributed by atoms with Crippen molar-refractivity contribution in [3.63, 3.8) is 0 Å². The summed E-state index contributed by atoms with van der Waals surface area (Å²) in [5, 5.41) is 9.17. The van der Waals surface area contributed by atoms with Crippen molar-refractivity contribution in [3.05, 3.63) is 64.1 Å². The van der Waals surface area contributed by atoms with Crippen LogP contribution in [-0.4, -0.2) is 61.0 Å². The number of hydrogen-bond donors (Lipinski definition) is 0. The van der Waals surface area contributed by atoms with Crippen molar-refractivity contribution in [2.45, 2.75) is 13.0 Å². The number of rotatable bonds is 8. The summed E-state index contributed by atoms with van der Waals surface area (Å²) in [5.41, 5.74) is 2.49. The van der Waals surface area contributed by atoms with Crippen LogP contribution in [0.3, 0.4) is 0 Å². The van der Waals surface area contributed by atoms with Gasteiger partial charge < -0.3 is 18.8 Å². The van der Waals surface area contributed by atoms with Gasteiger partial charge in [-0.2, -0.15) is 5.26 Å². The van der Waals surface area contributed by atoms with Crippen LogP contribution in [0.2, 0.25) is 0 Å². The molecule has 4 rings (SSSR count). The molecule has 0 unspecified atom stereocenters. The summed E-state index contributed by atoms with van der Waals surface area (Å²) in [7, 11) is 1.59. The van der Waals surface area contributed by atoms with E-state index < -0.39 is 0 Å². The molecule has 8 nitrogen and oxygen atoms in total. The minimum Gasteiger partial charge on any atom is -0.493 e. The lowest BCUT2D eigenvalue weighted by Gasteiger charge is -2.26. The SMILES string of the molecule is COc1cc2ncc(=O)n(Cc3cccc(C#N)c3)c2cc1OCCCN1CCOCC1. The van der Waals surface area contributed by atoms with Crippen LogP contribution in [-0.2, 0) is 11.3 Å². The Hall–Kier alpha value is -3.41. The smallest absolute Gasteiger partial charge is 0.269 e. The zero-order chi connectivity index (χ0) is 22.3. The topological polar surface area (TPSA) is 89.6 Å². The van der Waals surface area contributed by atoms with Gasteiger partial charge in [0.15, 0.2) is 11.5 Å². The van der Waals surface area contributed by atoms with E-state index >= 15 is 0 Å². The zero-order valence-corrected chi connectivity index (χ0v) is 18.1. The van der Waals surface area contributed by atoms with Gasteiger partial charge in [-0.25, -0.2) is 4.98 Å². The van der Waals surface area contributed by atoms with E-state index in [4.69, 9.17) is 19.5 Å². The van der Waals surface area contributed by atoms with Gasteiger partial charge in [-0.15, -0.1) is 0 Å². The van der Waals surface area contributed by atoms with Gasteiger partial charge in [-0.1, -0.05) is 12.1 Å². The van der Waals surface area contributed by atoms with Gasteiger partial charge in [0.1, 0.15) is 0 Å². The Labute approximate surface area is 186 Å². The minimum absolute atomic E-state index is 0.219. The molecule has 0 spiro atoms. The van der Waals surface area contributed by atoms with Crippen LogP contribution < -0.4 is 15.0 Å². The zero-order valence-electron chi connectivity index (χ0n) is 18.1.